The van der Waals surface area contributed by atoms with Crippen LogP contribution in [-0.2, 0) is 12.8 Å². The van der Waals surface area contributed by atoms with Gasteiger partial charge in [-0.15, -0.1) is 0 Å². The van der Waals surface area contributed by atoms with E-state index in [1.807, 2.05) is 12.1 Å². The Morgan fingerprint density at radius 2 is 1.47 bits per heavy atom. The summed E-state index contributed by atoms with van der Waals surface area (Å²) in [6, 6.07) is 13.2. The van der Waals surface area contributed by atoms with Crippen LogP contribution in [0.25, 0.3) is 0 Å². The molecular weight excluding hydrogens is 398 g/mol. The minimum atomic E-state index is 0.572. The van der Waals surface area contributed by atoms with Gasteiger partial charge in [-0.1, -0.05) is 24.3 Å². The van der Waals surface area contributed by atoms with Crippen molar-refractivity contribution in [2.24, 2.45) is 0 Å². The minimum absolute atomic E-state index is 0.572. The number of anilines is 1. The van der Waals surface area contributed by atoms with Gasteiger partial charge in [0.05, 0.1) is 21.3 Å². The molecule has 1 aliphatic carbocycles. The lowest BCUT2D eigenvalue weighted by molar-refractivity contribution is 0.137. The lowest BCUT2D eigenvalue weighted by Crippen LogP contribution is -2.53. The van der Waals surface area contributed by atoms with Crippen LogP contribution in [0, 0.1) is 0 Å². The molecule has 1 N–H and O–H groups in total. The summed E-state index contributed by atoms with van der Waals surface area (Å²) in [5.74, 6) is 1.78. The summed E-state index contributed by atoms with van der Waals surface area (Å²) in [4.78, 5) is 4.84. The van der Waals surface area contributed by atoms with Crippen LogP contribution in [0.15, 0.2) is 36.4 Å². The van der Waals surface area contributed by atoms with Gasteiger partial charge in [0.2, 0.25) is 5.75 Å². The lowest BCUT2D eigenvalue weighted by Gasteiger charge is -2.39. The third-order valence-electron chi connectivity index (χ3n) is 6.06. The van der Waals surface area contributed by atoms with Crippen LogP contribution in [0.3, 0.4) is 0 Å². The number of methoxy groups -OCH3 is 3. The van der Waals surface area contributed by atoms with E-state index >= 15 is 0 Å². The number of nitrogens with zero attached hydrogens (tertiary/aromatic N) is 2. The Labute approximate surface area is 183 Å². The first-order chi connectivity index (χ1) is 14.6. The summed E-state index contributed by atoms with van der Waals surface area (Å²) < 4.78 is 16.3. The number of thiocarbonyl (C=S) groups is 1. The van der Waals surface area contributed by atoms with Crippen molar-refractivity contribution in [3.05, 3.63) is 47.5 Å². The van der Waals surface area contributed by atoms with Crippen LogP contribution in [0.4, 0.5) is 5.69 Å². The average Bonchev–Trinajstić information content (AvgIpc) is 3.22. The van der Waals surface area contributed by atoms with Gasteiger partial charge in [-0.3, -0.25) is 4.90 Å². The molecule has 0 radical (unpaired) electrons. The van der Waals surface area contributed by atoms with Gasteiger partial charge in [0.25, 0.3) is 0 Å². The molecular formula is C23H29N3O3S. The molecule has 2 aromatic rings. The van der Waals surface area contributed by atoms with E-state index in [1.165, 1.54) is 11.1 Å². The molecule has 1 saturated heterocycles. The Hall–Kier alpha value is -2.51. The second-order valence-corrected chi connectivity index (χ2v) is 8.08. The molecule has 0 atom stereocenters. The molecule has 30 heavy (non-hydrogen) atoms. The molecule has 160 valence electrons. The monoisotopic (exact) mass is 427 g/mol. The first-order valence-electron chi connectivity index (χ1n) is 10.3. The first kappa shape index (κ1) is 20.8. The van der Waals surface area contributed by atoms with Crippen molar-refractivity contribution in [1.29, 1.82) is 0 Å². The van der Waals surface area contributed by atoms with E-state index in [0.717, 1.165) is 49.8 Å². The summed E-state index contributed by atoms with van der Waals surface area (Å²) in [6.07, 6.45) is 2.31. The van der Waals surface area contributed by atoms with Crippen LogP contribution in [0.2, 0.25) is 0 Å². The molecule has 2 aliphatic rings. The summed E-state index contributed by atoms with van der Waals surface area (Å²) >= 11 is 5.69. The summed E-state index contributed by atoms with van der Waals surface area (Å²) in [7, 11) is 4.82. The smallest absolute Gasteiger partial charge is 0.203 e. The Morgan fingerprint density at radius 3 is 1.97 bits per heavy atom. The zero-order chi connectivity index (χ0) is 21.1. The van der Waals surface area contributed by atoms with E-state index in [9.17, 15) is 0 Å². The predicted octanol–water partition coefficient (Wildman–Crippen LogP) is 3.19. The number of hydrogen-bond donors (Lipinski definition) is 1. The van der Waals surface area contributed by atoms with Gasteiger partial charge in [0.15, 0.2) is 16.6 Å². The summed E-state index contributed by atoms with van der Waals surface area (Å²) in [5, 5.41) is 4.06. The number of nitrogens with one attached hydrogen (secondary N) is 1. The molecule has 0 bridgehead atoms. The molecule has 0 saturated carbocycles. The fraction of sp³-hybridized carbons (Fsp3) is 0.435. The normalized spacial score (nSPS) is 16.8. The molecule has 0 unspecified atom stereocenters. The summed E-state index contributed by atoms with van der Waals surface area (Å²) in [6.45, 7) is 3.89. The molecule has 0 aromatic heterocycles. The topological polar surface area (TPSA) is 46.2 Å². The van der Waals surface area contributed by atoms with Gasteiger partial charge in [-0.25, -0.2) is 0 Å². The minimum Gasteiger partial charge on any atom is -0.493 e. The van der Waals surface area contributed by atoms with Crippen LogP contribution in [0.5, 0.6) is 17.2 Å². The van der Waals surface area contributed by atoms with Gasteiger partial charge in [0, 0.05) is 50.0 Å². The second kappa shape index (κ2) is 9.10. The third-order valence-corrected chi connectivity index (χ3v) is 6.42. The standard InChI is InChI=1S/C23H29N3O3S/c1-27-20-14-18(15-21(28-2)22(20)29-3)24-23(30)26-10-8-25(9-11-26)19-12-16-6-4-5-7-17(16)13-19/h4-7,14-15,19H,8-13H2,1-3H3,(H,24,30). The van der Waals surface area contributed by atoms with Crippen molar-refractivity contribution < 1.29 is 14.2 Å². The van der Waals surface area contributed by atoms with Crippen molar-refractivity contribution in [2.45, 2.75) is 18.9 Å². The first-order valence-corrected chi connectivity index (χ1v) is 10.7. The highest BCUT2D eigenvalue weighted by molar-refractivity contribution is 7.80. The molecule has 1 aliphatic heterocycles. The van der Waals surface area contributed by atoms with Gasteiger partial charge >= 0.3 is 0 Å². The molecule has 4 rings (SSSR count). The predicted molar refractivity (Wildman–Crippen MR) is 123 cm³/mol. The van der Waals surface area contributed by atoms with E-state index in [4.69, 9.17) is 26.4 Å². The maximum absolute atomic E-state index is 5.69. The third kappa shape index (κ3) is 4.18. The van der Waals surface area contributed by atoms with Crippen molar-refractivity contribution >= 4 is 23.0 Å². The zero-order valence-corrected chi connectivity index (χ0v) is 18.6. The lowest BCUT2D eigenvalue weighted by atomic mass is 10.1. The van der Waals surface area contributed by atoms with Crippen molar-refractivity contribution in [3.8, 4) is 17.2 Å². The fourth-order valence-corrected chi connectivity index (χ4v) is 4.74. The van der Waals surface area contributed by atoms with Crippen LogP contribution in [0.1, 0.15) is 11.1 Å². The van der Waals surface area contributed by atoms with Crippen molar-refractivity contribution in [3.63, 3.8) is 0 Å². The molecule has 6 nitrogen and oxygen atoms in total. The van der Waals surface area contributed by atoms with E-state index in [2.05, 4.69) is 39.4 Å². The molecule has 1 fully saturated rings. The number of piperazine rings is 1. The maximum Gasteiger partial charge on any atom is 0.203 e. The fourth-order valence-electron chi connectivity index (χ4n) is 4.44. The summed E-state index contributed by atoms with van der Waals surface area (Å²) in [5.41, 5.74) is 3.83. The highest BCUT2D eigenvalue weighted by atomic mass is 32.1. The zero-order valence-electron chi connectivity index (χ0n) is 17.8. The van der Waals surface area contributed by atoms with Crippen LogP contribution >= 0.6 is 12.2 Å². The second-order valence-electron chi connectivity index (χ2n) is 7.70. The van der Waals surface area contributed by atoms with E-state index in [-0.39, 0.29) is 0 Å². The number of rotatable bonds is 5. The number of hydrogen-bond acceptors (Lipinski definition) is 5. The number of benzene rings is 2. The number of fused-ring (bicyclic) bond motifs is 1. The Kier molecular flexibility index (Phi) is 6.29. The Balaban J connectivity index is 1.35. The van der Waals surface area contributed by atoms with Crippen molar-refractivity contribution in [1.82, 2.24) is 9.80 Å². The van der Waals surface area contributed by atoms with Crippen molar-refractivity contribution in [2.75, 3.05) is 52.8 Å². The maximum atomic E-state index is 5.69. The number of ether oxygens (including phenoxy) is 3. The highest BCUT2D eigenvalue weighted by Crippen LogP contribution is 2.40. The molecule has 1 heterocycles. The van der Waals surface area contributed by atoms with E-state index in [0.29, 0.717) is 23.3 Å². The van der Waals surface area contributed by atoms with E-state index < -0.39 is 0 Å². The van der Waals surface area contributed by atoms with Crippen LogP contribution < -0.4 is 19.5 Å². The van der Waals surface area contributed by atoms with Gasteiger partial charge < -0.3 is 24.4 Å². The molecule has 0 spiro atoms. The SMILES string of the molecule is COc1cc(NC(=S)N2CCN(C3Cc4ccccc4C3)CC2)cc(OC)c1OC. The van der Waals surface area contributed by atoms with Gasteiger partial charge in [-0.2, -0.15) is 0 Å². The van der Waals surface area contributed by atoms with Gasteiger partial charge in [-0.05, 0) is 36.2 Å². The highest BCUT2D eigenvalue weighted by Gasteiger charge is 2.29. The Morgan fingerprint density at radius 1 is 0.900 bits per heavy atom. The molecule has 2 aromatic carbocycles. The molecule has 7 heteroatoms. The molecule has 0 amide bonds. The largest absolute Gasteiger partial charge is 0.493 e. The average molecular weight is 428 g/mol. The van der Waals surface area contributed by atoms with Crippen LogP contribution in [-0.4, -0.2) is 68.5 Å². The quantitative estimate of drug-likeness (QED) is 0.736. The van der Waals surface area contributed by atoms with Gasteiger partial charge in [0.1, 0.15) is 0 Å². The van der Waals surface area contributed by atoms with E-state index in [1.54, 1.807) is 21.3 Å². The Bertz CT molecular complexity index is 862.